The Bertz CT molecular complexity index is 811. The highest BCUT2D eigenvalue weighted by atomic mass is 32.1. The largest absolute Gasteiger partial charge is 0.508 e. The first-order valence-electron chi connectivity index (χ1n) is 8.92. The Balaban J connectivity index is 1.90. The van der Waals surface area contributed by atoms with E-state index in [2.05, 4.69) is 24.2 Å². The van der Waals surface area contributed by atoms with Crippen molar-refractivity contribution in [1.82, 2.24) is 9.88 Å². The number of nitrogens with two attached hydrogens (primary N) is 1. The second-order valence-electron chi connectivity index (χ2n) is 6.93. The number of thiol groups is 1. The number of carbonyl (C=O) groups excluding carboxylic acids is 1. The molecule has 3 N–H and O–H groups in total. The lowest BCUT2D eigenvalue weighted by molar-refractivity contribution is 0.130. The minimum absolute atomic E-state index is 0.0423. The Labute approximate surface area is 159 Å². The number of fused-ring (bicyclic) bond motifs is 1. The van der Waals surface area contributed by atoms with E-state index >= 15 is 0 Å². The summed E-state index contributed by atoms with van der Waals surface area (Å²) in [6.07, 6.45) is 6.17. The second kappa shape index (κ2) is 8.10. The molecule has 0 radical (unpaired) electrons. The van der Waals surface area contributed by atoms with Crippen molar-refractivity contribution in [3.05, 3.63) is 48.7 Å². The van der Waals surface area contributed by atoms with Gasteiger partial charge in [0.1, 0.15) is 5.75 Å². The number of piperidine rings is 1. The summed E-state index contributed by atoms with van der Waals surface area (Å²) in [5, 5.41) is 10.6. The van der Waals surface area contributed by atoms with Crippen LogP contribution in [0, 0.1) is 11.8 Å². The Hall–Kier alpha value is -2.05. The van der Waals surface area contributed by atoms with Crippen molar-refractivity contribution < 1.29 is 9.90 Å². The molecule has 138 valence electrons. The Kier molecular flexibility index (Phi) is 5.84. The molecular formula is C20H25N3O2S. The van der Waals surface area contributed by atoms with E-state index in [1.165, 1.54) is 0 Å². The molecule has 1 amide bonds. The molecule has 2 heterocycles. The highest BCUT2D eigenvalue weighted by Crippen LogP contribution is 2.33. The third-order valence-electron chi connectivity index (χ3n) is 5.45. The highest BCUT2D eigenvalue weighted by Gasteiger charge is 2.33. The molecule has 0 saturated carbocycles. The normalized spacial score (nSPS) is 21.5. The van der Waals surface area contributed by atoms with Gasteiger partial charge in [0, 0.05) is 24.2 Å². The van der Waals surface area contributed by atoms with Crippen molar-refractivity contribution in [2.45, 2.75) is 25.3 Å². The maximum atomic E-state index is 12.0. The summed E-state index contributed by atoms with van der Waals surface area (Å²) in [6.45, 7) is 5.16. The minimum Gasteiger partial charge on any atom is -0.508 e. The number of nitrogens with zero attached hydrogens (tertiary/aromatic N) is 2. The fourth-order valence-electron chi connectivity index (χ4n) is 4.02. The average Bonchev–Trinajstić information content (AvgIpc) is 2.63. The first kappa shape index (κ1) is 18.7. The van der Waals surface area contributed by atoms with Crippen LogP contribution in [0.2, 0.25) is 0 Å². The second-order valence-corrected chi connectivity index (χ2v) is 7.31. The van der Waals surface area contributed by atoms with Crippen molar-refractivity contribution >= 4 is 28.8 Å². The van der Waals surface area contributed by atoms with E-state index in [1.54, 1.807) is 18.3 Å². The van der Waals surface area contributed by atoms with Gasteiger partial charge < -0.3 is 15.7 Å². The first-order chi connectivity index (χ1) is 12.5. The van der Waals surface area contributed by atoms with Crippen LogP contribution in [-0.2, 0) is 6.42 Å². The predicted octanol–water partition coefficient (Wildman–Crippen LogP) is 3.37. The van der Waals surface area contributed by atoms with E-state index in [4.69, 9.17) is 5.73 Å². The molecular weight excluding hydrogens is 346 g/mol. The lowest BCUT2D eigenvalue weighted by atomic mass is 9.79. The lowest BCUT2D eigenvalue weighted by Gasteiger charge is -2.41. The summed E-state index contributed by atoms with van der Waals surface area (Å²) >= 11 is 4.07. The number of hydrogen-bond donors (Lipinski definition) is 3. The molecule has 1 saturated heterocycles. The summed E-state index contributed by atoms with van der Waals surface area (Å²) in [6, 6.07) is 7.18. The topological polar surface area (TPSA) is 79.5 Å². The molecule has 0 bridgehead atoms. The molecule has 1 aliphatic rings. The smallest absolute Gasteiger partial charge is 0.278 e. The van der Waals surface area contributed by atoms with E-state index in [-0.39, 0.29) is 22.9 Å². The Morgan fingerprint density at radius 1 is 1.50 bits per heavy atom. The standard InChI is InChI=1S/C20H25N3O2S/c1-2-13(12-21)14-6-8-23(20(25)26)16(9-14)10-15-5-7-22-19-4-3-17(24)11-18(15)19/h2-5,7,11,13-14,16,24H,1,6,8-10,12,21H2,(H,25,26). The summed E-state index contributed by atoms with van der Waals surface area (Å²) < 4.78 is 0. The van der Waals surface area contributed by atoms with Gasteiger partial charge >= 0.3 is 0 Å². The van der Waals surface area contributed by atoms with E-state index in [1.807, 2.05) is 23.1 Å². The van der Waals surface area contributed by atoms with Crippen molar-refractivity contribution in [3.8, 4) is 5.75 Å². The quantitative estimate of drug-likeness (QED) is 0.556. The molecule has 1 aromatic carbocycles. The van der Waals surface area contributed by atoms with Gasteiger partial charge in [0.05, 0.1) is 5.52 Å². The van der Waals surface area contributed by atoms with Gasteiger partial charge in [0.2, 0.25) is 0 Å². The third kappa shape index (κ3) is 3.86. The van der Waals surface area contributed by atoms with Crippen molar-refractivity contribution in [3.63, 3.8) is 0 Å². The number of aromatic hydroxyl groups is 1. The molecule has 1 fully saturated rings. The molecule has 1 aromatic heterocycles. The lowest BCUT2D eigenvalue weighted by Crippen LogP contribution is -2.47. The van der Waals surface area contributed by atoms with Crippen LogP contribution in [0.15, 0.2) is 43.1 Å². The number of aromatic nitrogens is 1. The number of likely N-dealkylation sites (tertiary alicyclic amines) is 1. The Morgan fingerprint density at radius 2 is 2.31 bits per heavy atom. The van der Waals surface area contributed by atoms with Crippen LogP contribution in [0.25, 0.3) is 10.9 Å². The number of carbonyl (C=O) groups is 1. The van der Waals surface area contributed by atoms with Crippen molar-refractivity contribution in [2.24, 2.45) is 17.6 Å². The van der Waals surface area contributed by atoms with Gasteiger partial charge in [-0.05, 0) is 67.5 Å². The number of hydrogen-bond acceptors (Lipinski definition) is 4. The van der Waals surface area contributed by atoms with E-state index in [0.29, 0.717) is 25.4 Å². The predicted molar refractivity (Wildman–Crippen MR) is 107 cm³/mol. The zero-order valence-corrected chi connectivity index (χ0v) is 15.6. The zero-order valence-electron chi connectivity index (χ0n) is 14.7. The number of pyridine rings is 1. The van der Waals surface area contributed by atoms with E-state index < -0.39 is 0 Å². The molecule has 5 nitrogen and oxygen atoms in total. The van der Waals surface area contributed by atoms with Gasteiger partial charge in [-0.25, -0.2) is 0 Å². The highest BCUT2D eigenvalue weighted by molar-refractivity contribution is 7.96. The molecule has 3 atom stereocenters. The number of rotatable bonds is 5. The molecule has 26 heavy (non-hydrogen) atoms. The van der Waals surface area contributed by atoms with Crippen LogP contribution in [0.1, 0.15) is 18.4 Å². The van der Waals surface area contributed by atoms with E-state index in [0.717, 1.165) is 29.3 Å². The summed E-state index contributed by atoms with van der Waals surface area (Å²) in [5.74, 6) is 0.881. The monoisotopic (exact) mass is 371 g/mol. The molecule has 0 aliphatic carbocycles. The SMILES string of the molecule is C=CC(CN)C1CCN(C(=O)S)C(Cc2ccnc3ccc(O)cc23)C1. The van der Waals surface area contributed by atoms with Gasteiger partial charge in [0.25, 0.3) is 5.24 Å². The van der Waals surface area contributed by atoms with Crippen LogP contribution in [0.5, 0.6) is 5.75 Å². The minimum atomic E-state index is -0.197. The van der Waals surface area contributed by atoms with Crippen molar-refractivity contribution in [2.75, 3.05) is 13.1 Å². The fraction of sp³-hybridized carbons (Fsp3) is 0.400. The van der Waals surface area contributed by atoms with Gasteiger partial charge in [-0.2, -0.15) is 0 Å². The van der Waals surface area contributed by atoms with Crippen molar-refractivity contribution in [1.29, 1.82) is 0 Å². The maximum absolute atomic E-state index is 12.0. The van der Waals surface area contributed by atoms with Crippen LogP contribution in [0.3, 0.4) is 0 Å². The van der Waals surface area contributed by atoms with Gasteiger partial charge in [0.15, 0.2) is 0 Å². The number of phenolic OH excluding ortho intramolecular Hbond substituents is 1. The van der Waals surface area contributed by atoms with Crippen LogP contribution >= 0.6 is 12.6 Å². The first-order valence-corrected chi connectivity index (χ1v) is 9.37. The van der Waals surface area contributed by atoms with E-state index in [9.17, 15) is 9.90 Å². The molecule has 3 rings (SSSR count). The molecule has 2 aromatic rings. The van der Waals surface area contributed by atoms with Crippen LogP contribution < -0.4 is 5.73 Å². The van der Waals surface area contributed by atoms with Crippen LogP contribution in [0.4, 0.5) is 4.79 Å². The molecule has 1 aliphatic heterocycles. The molecule has 0 spiro atoms. The molecule has 6 heteroatoms. The van der Waals surface area contributed by atoms with Gasteiger partial charge in [-0.3, -0.25) is 9.78 Å². The number of amides is 1. The van der Waals surface area contributed by atoms with Gasteiger partial charge in [-0.1, -0.05) is 18.7 Å². The summed E-state index contributed by atoms with van der Waals surface area (Å²) in [5.41, 5.74) is 7.80. The van der Waals surface area contributed by atoms with Gasteiger partial charge in [-0.15, -0.1) is 6.58 Å². The number of benzene rings is 1. The maximum Gasteiger partial charge on any atom is 0.278 e. The fourth-order valence-corrected chi connectivity index (χ4v) is 4.28. The zero-order chi connectivity index (χ0) is 18.7. The van der Waals surface area contributed by atoms with Crippen LogP contribution in [-0.4, -0.2) is 39.4 Å². The summed E-state index contributed by atoms with van der Waals surface area (Å²) in [7, 11) is 0. The number of phenols is 1. The summed E-state index contributed by atoms with van der Waals surface area (Å²) in [4.78, 5) is 18.2. The Morgan fingerprint density at radius 3 is 3.00 bits per heavy atom. The molecule has 3 unspecified atom stereocenters. The average molecular weight is 372 g/mol. The third-order valence-corrected chi connectivity index (χ3v) is 5.71.